The second kappa shape index (κ2) is 5.79. The quantitative estimate of drug-likeness (QED) is 0.813. The van der Waals surface area contributed by atoms with Gasteiger partial charge in [0.05, 0.1) is 13.1 Å². The molecular formula is C15H19FNO3+. The van der Waals surface area contributed by atoms with E-state index in [-0.39, 0.29) is 24.5 Å². The number of benzene rings is 1. The van der Waals surface area contributed by atoms with E-state index in [2.05, 4.69) is 0 Å². The van der Waals surface area contributed by atoms with Gasteiger partial charge in [0, 0.05) is 18.8 Å². The fourth-order valence-electron chi connectivity index (χ4n) is 3.09. The van der Waals surface area contributed by atoms with E-state index in [4.69, 9.17) is 9.47 Å². The smallest absolute Gasteiger partial charge is 0.344 e. The molecule has 108 valence electrons. The van der Waals surface area contributed by atoms with E-state index < -0.39 is 0 Å². The summed E-state index contributed by atoms with van der Waals surface area (Å²) in [4.78, 5) is 13.3. The average Bonchev–Trinajstić information content (AvgIpc) is 2.48. The summed E-state index contributed by atoms with van der Waals surface area (Å²) < 4.78 is 23.5. The standard InChI is InChI=1S/C15H18FNO3/c16-12-1-3-13(4-2-12)19-10-15(18)20-14-9-17-7-5-11(14)6-8-17/h1-4,11,14H,5-10H2/p+1. The Morgan fingerprint density at radius 3 is 2.55 bits per heavy atom. The van der Waals surface area contributed by atoms with Crippen LogP contribution >= 0.6 is 0 Å². The molecule has 1 atom stereocenters. The second-order valence-electron chi connectivity index (χ2n) is 5.56. The Labute approximate surface area is 117 Å². The van der Waals surface area contributed by atoms with Crippen LogP contribution < -0.4 is 9.64 Å². The van der Waals surface area contributed by atoms with Gasteiger partial charge in [-0.05, 0) is 24.3 Å². The summed E-state index contributed by atoms with van der Waals surface area (Å²) in [5.41, 5.74) is 0. The third-order valence-corrected chi connectivity index (χ3v) is 4.21. The number of carbonyl (C=O) groups is 1. The highest BCUT2D eigenvalue weighted by Crippen LogP contribution is 2.21. The van der Waals surface area contributed by atoms with Gasteiger partial charge in [0.15, 0.2) is 12.7 Å². The van der Waals surface area contributed by atoms with Crippen LogP contribution in [-0.2, 0) is 9.53 Å². The summed E-state index contributed by atoms with van der Waals surface area (Å²) in [5, 5.41) is 0. The van der Waals surface area contributed by atoms with Crippen LogP contribution in [0.25, 0.3) is 0 Å². The van der Waals surface area contributed by atoms with Gasteiger partial charge in [0.25, 0.3) is 0 Å². The molecule has 1 unspecified atom stereocenters. The highest BCUT2D eigenvalue weighted by Gasteiger charge is 2.39. The molecule has 0 aliphatic carbocycles. The number of ether oxygens (including phenoxy) is 2. The average molecular weight is 280 g/mol. The van der Waals surface area contributed by atoms with Crippen molar-refractivity contribution in [1.82, 2.24) is 0 Å². The fraction of sp³-hybridized carbons (Fsp3) is 0.533. The first-order valence-electron chi connectivity index (χ1n) is 7.12. The van der Waals surface area contributed by atoms with Gasteiger partial charge >= 0.3 is 5.97 Å². The number of esters is 1. The van der Waals surface area contributed by atoms with Crippen LogP contribution in [0.5, 0.6) is 5.75 Å². The number of nitrogens with one attached hydrogen (secondary N) is 1. The first kappa shape index (κ1) is 13.4. The van der Waals surface area contributed by atoms with Crippen molar-refractivity contribution in [3.63, 3.8) is 0 Å². The van der Waals surface area contributed by atoms with Gasteiger partial charge in [-0.1, -0.05) is 0 Å². The molecule has 0 saturated carbocycles. The summed E-state index contributed by atoms with van der Waals surface area (Å²) in [5.74, 6) is 0.327. The molecule has 4 nitrogen and oxygen atoms in total. The molecule has 0 aromatic heterocycles. The zero-order chi connectivity index (χ0) is 13.9. The van der Waals surface area contributed by atoms with E-state index in [0.29, 0.717) is 11.7 Å². The van der Waals surface area contributed by atoms with Crippen molar-refractivity contribution in [2.24, 2.45) is 5.92 Å². The normalized spacial score (nSPS) is 28.1. The molecule has 0 spiro atoms. The van der Waals surface area contributed by atoms with Gasteiger partial charge < -0.3 is 14.4 Å². The van der Waals surface area contributed by atoms with E-state index in [9.17, 15) is 9.18 Å². The molecule has 3 fully saturated rings. The number of carbonyl (C=O) groups excluding carboxylic acids is 1. The van der Waals surface area contributed by atoms with Crippen molar-refractivity contribution in [3.05, 3.63) is 30.1 Å². The number of halogens is 1. The predicted octanol–water partition coefficient (Wildman–Crippen LogP) is 0.425. The van der Waals surface area contributed by atoms with Crippen LogP contribution in [0.15, 0.2) is 24.3 Å². The van der Waals surface area contributed by atoms with Gasteiger partial charge in [-0.25, -0.2) is 9.18 Å². The second-order valence-corrected chi connectivity index (χ2v) is 5.56. The van der Waals surface area contributed by atoms with Crippen molar-refractivity contribution in [3.8, 4) is 5.75 Å². The minimum atomic E-state index is -0.340. The van der Waals surface area contributed by atoms with Gasteiger partial charge in [-0.2, -0.15) is 0 Å². The molecule has 1 aromatic rings. The Balaban J connectivity index is 1.46. The number of rotatable bonds is 4. The van der Waals surface area contributed by atoms with Crippen LogP contribution in [0, 0.1) is 11.7 Å². The Hall–Kier alpha value is -1.62. The van der Waals surface area contributed by atoms with Crippen LogP contribution in [0.1, 0.15) is 12.8 Å². The molecule has 4 rings (SSSR count). The number of piperidine rings is 3. The SMILES string of the molecule is O=C(COc1ccc(F)cc1)OC1C[NH+]2CCC1CC2. The predicted molar refractivity (Wildman–Crippen MR) is 70.1 cm³/mol. The third-order valence-electron chi connectivity index (χ3n) is 4.21. The number of hydrogen-bond donors (Lipinski definition) is 1. The van der Waals surface area contributed by atoms with Crippen LogP contribution in [0.4, 0.5) is 4.39 Å². The first-order valence-corrected chi connectivity index (χ1v) is 7.12. The van der Waals surface area contributed by atoms with Gasteiger partial charge in [-0.15, -0.1) is 0 Å². The molecule has 3 saturated heterocycles. The van der Waals surface area contributed by atoms with Crippen LogP contribution in [0.3, 0.4) is 0 Å². The highest BCUT2D eigenvalue weighted by molar-refractivity contribution is 5.71. The molecule has 3 aliphatic heterocycles. The first-order chi connectivity index (χ1) is 9.70. The summed E-state index contributed by atoms with van der Waals surface area (Å²) in [6.45, 7) is 3.20. The lowest BCUT2D eigenvalue weighted by Gasteiger charge is -2.40. The molecule has 5 heteroatoms. The molecular weight excluding hydrogens is 261 g/mol. The lowest BCUT2D eigenvalue weighted by Crippen LogP contribution is -3.16. The maximum Gasteiger partial charge on any atom is 0.344 e. The van der Waals surface area contributed by atoms with Crippen molar-refractivity contribution in [2.45, 2.75) is 18.9 Å². The number of hydrogen-bond acceptors (Lipinski definition) is 3. The lowest BCUT2D eigenvalue weighted by molar-refractivity contribution is -0.920. The van der Waals surface area contributed by atoms with Crippen LogP contribution in [0.2, 0.25) is 0 Å². The minimum Gasteiger partial charge on any atom is -0.482 e. The van der Waals surface area contributed by atoms with E-state index >= 15 is 0 Å². The molecule has 20 heavy (non-hydrogen) atoms. The molecule has 1 aromatic carbocycles. The largest absolute Gasteiger partial charge is 0.482 e. The molecule has 3 aliphatic rings. The van der Waals surface area contributed by atoms with Crippen molar-refractivity contribution in [1.29, 1.82) is 0 Å². The van der Waals surface area contributed by atoms with E-state index in [1.807, 2.05) is 0 Å². The summed E-state index contributed by atoms with van der Waals surface area (Å²) in [7, 11) is 0. The summed E-state index contributed by atoms with van der Waals surface area (Å²) in [6.07, 6.45) is 2.33. The topological polar surface area (TPSA) is 40.0 Å². The van der Waals surface area contributed by atoms with Crippen molar-refractivity contribution < 1.29 is 23.6 Å². The molecule has 0 amide bonds. The Morgan fingerprint density at radius 1 is 1.25 bits per heavy atom. The summed E-state index contributed by atoms with van der Waals surface area (Å²) in [6, 6.07) is 5.61. The maximum absolute atomic E-state index is 12.7. The maximum atomic E-state index is 12.7. The van der Waals surface area contributed by atoms with Gasteiger partial charge in [-0.3, -0.25) is 0 Å². The lowest BCUT2D eigenvalue weighted by atomic mass is 9.86. The van der Waals surface area contributed by atoms with E-state index in [1.165, 1.54) is 42.3 Å². The highest BCUT2D eigenvalue weighted by atomic mass is 19.1. The molecule has 1 N–H and O–H groups in total. The van der Waals surface area contributed by atoms with Crippen molar-refractivity contribution >= 4 is 5.97 Å². The van der Waals surface area contributed by atoms with E-state index in [1.54, 1.807) is 0 Å². The third kappa shape index (κ3) is 3.10. The van der Waals surface area contributed by atoms with Crippen LogP contribution in [-0.4, -0.2) is 38.3 Å². The van der Waals surface area contributed by atoms with Gasteiger partial charge in [0.1, 0.15) is 18.1 Å². The number of fused-ring (bicyclic) bond motifs is 3. The molecule has 3 heterocycles. The Bertz CT molecular complexity index is 469. The number of quaternary nitrogens is 1. The van der Waals surface area contributed by atoms with Gasteiger partial charge in [0.2, 0.25) is 0 Å². The molecule has 2 bridgehead atoms. The monoisotopic (exact) mass is 280 g/mol. The molecule has 0 radical (unpaired) electrons. The van der Waals surface area contributed by atoms with E-state index in [0.717, 1.165) is 19.4 Å². The Kier molecular flexibility index (Phi) is 3.87. The fourth-order valence-corrected chi connectivity index (χ4v) is 3.09. The minimum absolute atomic E-state index is 0.0387. The Morgan fingerprint density at radius 2 is 1.95 bits per heavy atom. The summed E-state index contributed by atoms with van der Waals surface area (Å²) >= 11 is 0. The zero-order valence-corrected chi connectivity index (χ0v) is 11.3. The zero-order valence-electron chi connectivity index (χ0n) is 11.3. The van der Waals surface area contributed by atoms with Crippen molar-refractivity contribution in [2.75, 3.05) is 26.2 Å².